The van der Waals surface area contributed by atoms with Gasteiger partial charge in [0.25, 0.3) is 0 Å². The highest BCUT2D eigenvalue weighted by molar-refractivity contribution is 6.30. The van der Waals surface area contributed by atoms with Crippen LogP contribution in [0.3, 0.4) is 0 Å². The van der Waals surface area contributed by atoms with E-state index in [-0.39, 0.29) is 0 Å². The van der Waals surface area contributed by atoms with Crippen LogP contribution in [-0.4, -0.2) is 5.11 Å². The maximum atomic E-state index is 9.32. The highest BCUT2D eigenvalue weighted by Gasteiger charge is 2.08. The Balaban J connectivity index is 2.37. The summed E-state index contributed by atoms with van der Waals surface area (Å²) < 4.78 is 5.48. The molecule has 2 aromatic rings. The fourth-order valence-electron chi connectivity index (χ4n) is 1.37. The fourth-order valence-corrected chi connectivity index (χ4v) is 1.56. The summed E-state index contributed by atoms with van der Waals surface area (Å²) in [6, 6.07) is 11.0. The highest BCUT2D eigenvalue weighted by atomic mass is 35.5. The molecule has 0 amide bonds. The van der Waals surface area contributed by atoms with Gasteiger partial charge in [-0.3, -0.25) is 0 Å². The lowest BCUT2D eigenvalue weighted by Gasteiger charge is -1.99. The summed E-state index contributed by atoms with van der Waals surface area (Å²) in [6.45, 7) is 1.67. The zero-order chi connectivity index (χ0) is 10.8. The van der Waals surface area contributed by atoms with Gasteiger partial charge in [0.05, 0.1) is 0 Å². The van der Waals surface area contributed by atoms with Gasteiger partial charge in [0.1, 0.15) is 17.6 Å². The van der Waals surface area contributed by atoms with Crippen LogP contribution in [0, 0.1) is 0 Å². The van der Waals surface area contributed by atoms with Crippen LogP contribution in [0.25, 0.3) is 11.3 Å². The molecule has 0 bridgehead atoms. The summed E-state index contributed by atoms with van der Waals surface area (Å²) in [5.74, 6) is 1.28. The van der Waals surface area contributed by atoms with Gasteiger partial charge in [0, 0.05) is 10.6 Å². The van der Waals surface area contributed by atoms with Gasteiger partial charge < -0.3 is 9.52 Å². The molecule has 0 aliphatic carbocycles. The van der Waals surface area contributed by atoms with Crippen molar-refractivity contribution in [2.45, 2.75) is 13.0 Å². The Labute approximate surface area is 93.1 Å². The van der Waals surface area contributed by atoms with Crippen molar-refractivity contribution in [2.24, 2.45) is 0 Å². The lowest BCUT2D eigenvalue weighted by atomic mass is 10.2. The molecule has 1 unspecified atom stereocenters. The molecule has 2 rings (SSSR count). The summed E-state index contributed by atoms with van der Waals surface area (Å²) in [4.78, 5) is 0. The molecule has 0 aliphatic heterocycles. The van der Waals surface area contributed by atoms with Crippen LogP contribution >= 0.6 is 11.6 Å². The van der Waals surface area contributed by atoms with E-state index in [9.17, 15) is 5.11 Å². The Morgan fingerprint density at radius 3 is 2.67 bits per heavy atom. The molecule has 1 N–H and O–H groups in total. The normalized spacial score (nSPS) is 12.7. The van der Waals surface area contributed by atoms with E-state index in [2.05, 4.69) is 0 Å². The van der Waals surface area contributed by atoms with Gasteiger partial charge in [-0.15, -0.1) is 0 Å². The topological polar surface area (TPSA) is 33.4 Å². The molecule has 0 saturated carbocycles. The van der Waals surface area contributed by atoms with Crippen molar-refractivity contribution in [3.8, 4) is 11.3 Å². The van der Waals surface area contributed by atoms with Gasteiger partial charge in [0.15, 0.2) is 0 Å². The standard InChI is InChI=1S/C12H11ClO2/c1-8(14)11-5-6-12(15-11)9-3-2-4-10(13)7-9/h2-8,14H,1H3. The van der Waals surface area contributed by atoms with E-state index in [4.69, 9.17) is 16.0 Å². The van der Waals surface area contributed by atoms with Gasteiger partial charge >= 0.3 is 0 Å². The average molecular weight is 223 g/mol. The van der Waals surface area contributed by atoms with Gasteiger partial charge in [-0.1, -0.05) is 23.7 Å². The smallest absolute Gasteiger partial charge is 0.134 e. The van der Waals surface area contributed by atoms with Crippen LogP contribution in [-0.2, 0) is 0 Å². The van der Waals surface area contributed by atoms with Crippen LogP contribution in [0.15, 0.2) is 40.8 Å². The number of aliphatic hydroxyl groups is 1. The Hall–Kier alpha value is -1.25. The second-order valence-corrected chi connectivity index (χ2v) is 3.82. The third-order valence-corrected chi connectivity index (χ3v) is 2.38. The molecule has 0 spiro atoms. The van der Waals surface area contributed by atoms with E-state index >= 15 is 0 Å². The molecule has 1 aromatic carbocycles. The maximum Gasteiger partial charge on any atom is 0.134 e. The van der Waals surface area contributed by atoms with Gasteiger partial charge in [-0.25, -0.2) is 0 Å². The number of benzene rings is 1. The maximum absolute atomic E-state index is 9.32. The van der Waals surface area contributed by atoms with Gasteiger partial charge in [0.2, 0.25) is 0 Å². The van der Waals surface area contributed by atoms with Crippen LogP contribution in [0.5, 0.6) is 0 Å². The van der Waals surface area contributed by atoms with Crippen molar-refractivity contribution >= 4 is 11.6 Å². The van der Waals surface area contributed by atoms with E-state index in [1.54, 1.807) is 13.0 Å². The Bertz CT molecular complexity index is 460. The van der Waals surface area contributed by atoms with Crippen molar-refractivity contribution in [1.29, 1.82) is 0 Å². The SMILES string of the molecule is CC(O)c1ccc(-c2cccc(Cl)c2)o1. The molecule has 1 atom stereocenters. The van der Waals surface area contributed by atoms with Crippen molar-refractivity contribution in [3.63, 3.8) is 0 Å². The first-order valence-electron chi connectivity index (χ1n) is 4.70. The molecule has 1 aromatic heterocycles. The average Bonchev–Trinajstić information content (AvgIpc) is 2.66. The summed E-state index contributed by atoms with van der Waals surface area (Å²) in [5.41, 5.74) is 0.911. The Morgan fingerprint density at radius 2 is 2.07 bits per heavy atom. The number of furan rings is 1. The molecule has 3 heteroatoms. The zero-order valence-electron chi connectivity index (χ0n) is 8.27. The van der Waals surface area contributed by atoms with Crippen molar-refractivity contribution < 1.29 is 9.52 Å². The van der Waals surface area contributed by atoms with E-state index in [1.807, 2.05) is 30.3 Å². The minimum absolute atomic E-state index is 0.560. The van der Waals surface area contributed by atoms with Gasteiger partial charge in [-0.2, -0.15) is 0 Å². The minimum Gasteiger partial charge on any atom is -0.458 e. The van der Waals surface area contributed by atoms with Crippen LogP contribution in [0.1, 0.15) is 18.8 Å². The summed E-state index contributed by atoms with van der Waals surface area (Å²) in [7, 11) is 0. The first kappa shape index (κ1) is 10.3. The third kappa shape index (κ3) is 2.22. The number of hydrogen-bond donors (Lipinski definition) is 1. The molecule has 0 radical (unpaired) electrons. The predicted molar refractivity (Wildman–Crippen MR) is 59.8 cm³/mol. The molecular formula is C12H11ClO2. The molecule has 1 heterocycles. The van der Waals surface area contributed by atoms with Gasteiger partial charge in [-0.05, 0) is 31.2 Å². The molecular weight excluding hydrogens is 212 g/mol. The number of halogens is 1. The van der Waals surface area contributed by atoms with E-state index in [1.165, 1.54) is 0 Å². The van der Waals surface area contributed by atoms with Crippen molar-refractivity contribution in [3.05, 3.63) is 47.2 Å². The lowest BCUT2D eigenvalue weighted by Crippen LogP contribution is -1.85. The lowest BCUT2D eigenvalue weighted by molar-refractivity contribution is 0.170. The van der Waals surface area contributed by atoms with Crippen molar-refractivity contribution in [2.75, 3.05) is 0 Å². The number of aliphatic hydroxyl groups excluding tert-OH is 1. The van der Waals surface area contributed by atoms with Crippen LogP contribution in [0.2, 0.25) is 5.02 Å². The second-order valence-electron chi connectivity index (χ2n) is 3.39. The Kier molecular flexibility index (Phi) is 2.80. The molecule has 0 saturated heterocycles. The van der Waals surface area contributed by atoms with E-state index in [0.29, 0.717) is 16.5 Å². The molecule has 0 aliphatic rings. The first-order valence-corrected chi connectivity index (χ1v) is 5.08. The third-order valence-electron chi connectivity index (χ3n) is 2.15. The number of rotatable bonds is 2. The van der Waals surface area contributed by atoms with Crippen LogP contribution in [0.4, 0.5) is 0 Å². The molecule has 0 fully saturated rings. The largest absolute Gasteiger partial charge is 0.458 e. The van der Waals surface area contributed by atoms with E-state index in [0.717, 1.165) is 5.56 Å². The molecule has 2 nitrogen and oxygen atoms in total. The fraction of sp³-hybridized carbons (Fsp3) is 0.167. The number of hydrogen-bond acceptors (Lipinski definition) is 2. The van der Waals surface area contributed by atoms with E-state index < -0.39 is 6.10 Å². The summed E-state index contributed by atoms with van der Waals surface area (Å²) in [5, 5.41) is 9.99. The minimum atomic E-state index is -0.585. The summed E-state index contributed by atoms with van der Waals surface area (Å²) in [6.07, 6.45) is -0.585. The predicted octanol–water partition coefficient (Wildman–Crippen LogP) is 3.65. The monoisotopic (exact) mass is 222 g/mol. The molecule has 78 valence electrons. The van der Waals surface area contributed by atoms with Crippen LogP contribution < -0.4 is 0 Å². The quantitative estimate of drug-likeness (QED) is 0.842. The molecule has 15 heavy (non-hydrogen) atoms. The first-order chi connectivity index (χ1) is 7.16. The second kappa shape index (κ2) is 4.09. The zero-order valence-corrected chi connectivity index (χ0v) is 9.03. The van der Waals surface area contributed by atoms with Crippen molar-refractivity contribution in [1.82, 2.24) is 0 Å². The highest BCUT2D eigenvalue weighted by Crippen LogP contribution is 2.26. The summed E-state index contributed by atoms with van der Waals surface area (Å²) >= 11 is 5.87. The Morgan fingerprint density at radius 1 is 1.27 bits per heavy atom.